The second-order valence-electron chi connectivity index (χ2n) is 7.10. The summed E-state index contributed by atoms with van der Waals surface area (Å²) in [7, 11) is 0. The minimum absolute atomic E-state index is 0. The lowest BCUT2D eigenvalue weighted by atomic mass is 10.0. The molecule has 0 spiro atoms. The molecule has 1 N–H and O–H groups in total. The van der Waals surface area contributed by atoms with Gasteiger partial charge in [-0.25, -0.2) is 0 Å². The highest BCUT2D eigenvalue weighted by Gasteiger charge is 2.27. The van der Waals surface area contributed by atoms with E-state index in [1.54, 1.807) is 0 Å². The maximum atomic E-state index is 12.8. The first-order valence-electron chi connectivity index (χ1n) is 10.1. The third-order valence-corrected chi connectivity index (χ3v) is 5.15. The summed E-state index contributed by atoms with van der Waals surface area (Å²) in [6.45, 7) is 7.97. The number of hydrogen-bond donors (Lipinski definition) is 1. The molecule has 1 aromatic carbocycles. The van der Waals surface area contributed by atoms with Gasteiger partial charge < -0.3 is 15.1 Å². The Morgan fingerprint density at radius 2 is 1.93 bits per heavy atom. The molecule has 5 nitrogen and oxygen atoms in total. The van der Waals surface area contributed by atoms with Crippen LogP contribution in [0.3, 0.4) is 0 Å². The molecule has 0 bridgehead atoms. The van der Waals surface area contributed by atoms with E-state index < -0.39 is 0 Å². The maximum Gasteiger partial charge on any atom is 0.223 e. The van der Waals surface area contributed by atoms with Crippen molar-refractivity contribution in [1.29, 1.82) is 0 Å². The van der Waals surface area contributed by atoms with Crippen molar-refractivity contribution in [2.45, 2.75) is 52.0 Å². The van der Waals surface area contributed by atoms with Crippen molar-refractivity contribution < 1.29 is 9.59 Å². The quantitative estimate of drug-likeness (QED) is 0.643. The zero-order chi connectivity index (χ0) is 19.6. The minimum atomic E-state index is -0.00247. The third-order valence-electron chi connectivity index (χ3n) is 4.92. The fraction of sp³-hybridized carbons (Fsp3) is 0.619. The molecule has 28 heavy (non-hydrogen) atoms. The predicted molar refractivity (Wildman–Crippen MR) is 117 cm³/mol. The Morgan fingerprint density at radius 1 is 1.21 bits per heavy atom. The molecule has 0 radical (unpaired) electrons. The van der Waals surface area contributed by atoms with E-state index in [1.807, 2.05) is 34.1 Å². The van der Waals surface area contributed by atoms with Crippen LogP contribution in [0.5, 0.6) is 0 Å². The van der Waals surface area contributed by atoms with E-state index in [-0.39, 0.29) is 30.3 Å². The molecule has 1 fully saturated rings. The highest BCUT2D eigenvalue weighted by atomic mass is 35.5. The Balaban J connectivity index is 0.00000392. The Hall–Kier alpha value is -1.30. The molecular formula is C21H33Cl2N3O2. The van der Waals surface area contributed by atoms with Crippen molar-refractivity contribution >= 4 is 35.8 Å². The minimum Gasteiger partial charge on any atom is -0.343 e. The molecule has 2 amide bonds. The van der Waals surface area contributed by atoms with Gasteiger partial charge in [-0.15, -0.1) is 12.4 Å². The van der Waals surface area contributed by atoms with Gasteiger partial charge in [0.15, 0.2) is 0 Å². The van der Waals surface area contributed by atoms with Crippen LogP contribution in [0.2, 0.25) is 5.02 Å². The first-order chi connectivity index (χ1) is 13.1. The average Bonchev–Trinajstić information content (AvgIpc) is 2.67. The number of nitrogens with zero attached hydrogens (tertiary/aromatic N) is 2. The molecule has 7 heteroatoms. The Morgan fingerprint density at radius 3 is 2.57 bits per heavy atom. The zero-order valence-corrected chi connectivity index (χ0v) is 18.5. The topological polar surface area (TPSA) is 52.7 Å². The van der Waals surface area contributed by atoms with Crippen LogP contribution in [-0.4, -0.2) is 54.3 Å². The molecule has 0 aliphatic carbocycles. The van der Waals surface area contributed by atoms with Crippen molar-refractivity contribution in [2.75, 3.05) is 32.7 Å². The van der Waals surface area contributed by atoms with Crippen LogP contribution in [0.15, 0.2) is 24.3 Å². The van der Waals surface area contributed by atoms with Crippen LogP contribution in [0, 0.1) is 0 Å². The fourth-order valence-electron chi connectivity index (χ4n) is 3.61. The monoisotopic (exact) mass is 429 g/mol. The van der Waals surface area contributed by atoms with Crippen LogP contribution < -0.4 is 5.32 Å². The predicted octanol–water partition coefficient (Wildman–Crippen LogP) is 4.05. The normalized spacial score (nSPS) is 16.4. The van der Waals surface area contributed by atoms with E-state index in [0.717, 1.165) is 44.6 Å². The number of hydrogen-bond acceptors (Lipinski definition) is 3. The van der Waals surface area contributed by atoms with Crippen LogP contribution >= 0.6 is 24.0 Å². The first-order valence-corrected chi connectivity index (χ1v) is 10.5. The highest BCUT2D eigenvalue weighted by Crippen LogP contribution is 2.25. The smallest absolute Gasteiger partial charge is 0.223 e. The number of piperazine rings is 1. The molecule has 1 heterocycles. The van der Waals surface area contributed by atoms with E-state index in [4.69, 9.17) is 11.6 Å². The van der Waals surface area contributed by atoms with Gasteiger partial charge in [0.1, 0.15) is 0 Å². The molecule has 1 aliphatic heterocycles. The summed E-state index contributed by atoms with van der Waals surface area (Å²) in [5.41, 5.74) is 1.05. The van der Waals surface area contributed by atoms with Crippen molar-refractivity contribution in [3.63, 3.8) is 0 Å². The van der Waals surface area contributed by atoms with E-state index in [0.29, 0.717) is 30.8 Å². The zero-order valence-electron chi connectivity index (χ0n) is 17.0. The standard InChI is InChI=1S/C21H32ClN3O2.ClH/c1-3-12-24(13-4-2)20(26)9-6-10-21(27)25-14-11-23-16-19(25)17-7-5-8-18(22)15-17;/h5,7-8,15,19,23H,3-4,6,9-14,16H2,1-2H3;1H. The largest absolute Gasteiger partial charge is 0.343 e. The first kappa shape index (κ1) is 24.7. The van der Waals surface area contributed by atoms with Crippen LogP contribution in [0.25, 0.3) is 0 Å². The third kappa shape index (κ3) is 7.26. The summed E-state index contributed by atoms with van der Waals surface area (Å²) in [5, 5.41) is 4.04. The van der Waals surface area contributed by atoms with E-state index >= 15 is 0 Å². The van der Waals surface area contributed by atoms with E-state index in [2.05, 4.69) is 19.2 Å². The summed E-state index contributed by atoms with van der Waals surface area (Å²) in [4.78, 5) is 29.0. The molecule has 158 valence electrons. The summed E-state index contributed by atoms with van der Waals surface area (Å²) in [6.07, 6.45) is 3.39. The van der Waals surface area contributed by atoms with Crippen molar-refractivity contribution in [1.82, 2.24) is 15.1 Å². The molecular weight excluding hydrogens is 397 g/mol. The summed E-state index contributed by atoms with van der Waals surface area (Å²) in [6, 6.07) is 7.70. The molecule has 1 aromatic rings. The van der Waals surface area contributed by atoms with Gasteiger partial charge in [0.2, 0.25) is 11.8 Å². The lowest BCUT2D eigenvalue weighted by Gasteiger charge is -2.36. The molecule has 1 saturated heterocycles. The number of carbonyl (C=O) groups excluding carboxylic acids is 2. The van der Waals surface area contributed by atoms with Gasteiger partial charge >= 0.3 is 0 Å². The Bertz CT molecular complexity index is 621. The van der Waals surface area contributed by atoms with Crippen LogP contribution in [0.1, 0.15) is 57.6 Å². The molecule has 2 rings (SSSR count). The number of halogens is 2. The summed E-state index contributed by atoms with van der Waals surface area (Å²) < 4.78 is 0. The molecule has 0 aromatic heterocycles. The fourth-order valence-corrected chi connectivity index (χ4v) is 3.81. The molecule has 1 aliphatic rings. The number of benzene rings is 1. The van der Waals surface area contributed by atoms with Gasteiger partial charge in [-0.1, -0.05) is 37.6 Å². The van der Waals surface area contributed by atoms with E-state index in [9.17, 15) is 9.59 Å². The van der Waals surface area contributed by atoms with Gasteiger partial charge in [-0.3, -0.25) is 9.59 Å². The lowest BCUT2D eigenvalue weighted by Crippen LogP contribution is -2.48. The highest BCUT2D eigenvalue weighted by molar-refractivity contribution is 6.30. The Kier molecular flexibility index (Phi) is 11.5. The van der Waals surface area contributed by atoms with Gasteiger partial charge in [-0.05, 0) is 37.0 Å². The summed E-state index contributed by atoms with van der Waals surface area (Å²) >= 11 is 6.12. The average molecular weight is 430 g/mol. The van der Waals surface area contributed by atoms with Crippen molar-refractivity contribution in [3.05, 3.63) is 34.9 Å². The molecule has 1 atom stereocenters. The summed E-state index contributed by atoms with van der Waals surface area (Å²) in [5.74, 6) is 0.282. The van der Waals surface area contributed by atoms with Crippen LogP contribution in [0.4, 0.5) is 0 Å². The van der Waals surface area contributed by atoms with Gasteiger partial charge in [-0.2, -0.15) is 0 Å². The second kappa shape index (κ2) is 13.0. The van der Waals surface area contributed by atoms with Crippen LogP contribution in [-0.2, 0) is 9.59 Å². The number of nitrogens with one attached hydrogen (secondary N) is 1. The maximum absolute atomic E-state index is 12.8. The van der Waals surface area contributed by atoms with Gasteiger partial charge in [0.25, 0.3) is 0 Å². The molecule has 0 saturated carbocycles. The number of rotatable bonds is 9. The Labute approximate surface area is 180 Å². The van der Waals surface area contributed by atoms with Gasteiger partial charge in [0, 0.05) is 50.6 Å². The van der Waals surface area contributed by atoms with Gasteiger partial charge in [0.05, 0.1) is 6.04 Å². The second-order valence-corrected chi connectivity index (χ2v) is 7.53. The SMILES string of the molecule is CCCN(CCC)C(=O)CCCC(=O)N1CCNCC1c1cccc(Cl)c1.Cl. The number of amides is 2. The van der Waals surface area contributed by atoms with E-state index in [1.165, 1.54) is 0 Å². The van der Waals surface area contributed by atoms with Crippen molar-refractivity contribution in [2.24, 2.45) is 0 Å². The molecule has 1 unspecified atom stereocenters. The lowest BCUT2D eigenvalue weighted by molar-refractivity contribution is -0.135. The number of carbonyl (C=O) groups is 2. The van der Waals surface area contributed by atoms with Crippen molar-refractivity contribution in [3.8, 4) is 0 Å².